The van der Waals surface area contributed by atoms with Crippen LogP contribution in [-0.2, 0) is 0 Å². The third kappa shape index (κ3) is 5.58. The first kappa shape index (κ1) is 15.4. The molecule has 0 saturated heterocycles. The van der Waals surface area contributed by atoms with Gasteiger partial charge in [-0.2, -0.15) is 5.56 Å². The minimum atomic E-state index is 0. The van der Waals surface area contributed by atoms with E-state index in [9.17, 15) is 0 Å². The van der Waals surface area contributed by atoms with Crippen LogP contribution in [0.5, 0.6) is 0 Å². The predicted octanol–water partition coefficient (Wildman–Crippen LogP) is -0.163. The molecular formula is C10H16NRb. The predicted molar refractivity (Wildman–Crippen MR) is 48.6 cm³/mol. The zero-order valence-electron chi connectivity index (χ0n) is 9.02. The topological polar surface area (TPSA) is 12.9 Å². The molecule has 0 N–H and O–H groups in total. The Morgan fingerprint density at radius 1 is 1.17 bits per heavy atom. The molecule has 0 unspecified atom stereocenters. The van der Waals surface area contributed by atoms with Crippen LogP contribution in [0.4, 0.5) is 0 Å². The monoisotopic (exact) mass is 235 g/mol. The number of aromatic nitrogens is 1. The van der Waals surface area contributed by atoms with Crippen molar-refractivity contribution in [2.45, 2.75) is 34.6 Å². The van der Waals surface area contributed by atoms with Gasteiger partial charge in [0.25, 0.3) is 0 Å². The van der Waals surface area contributed by atoms with Crippen molar-refractivity contribution in [1.82, 2.24) is 4.98 Å². The fourth-order valence-electron chi connectivity index (χ4n) is 0.714. The molecule has 1 nitrogen and oxygen atoms in total. The molecule has 0 saturated carbocycles. The first-order valence-corrected chi connectivity index (χ1v) is 4.02. The van der Waals surface area contributed by atoms with Gasteiger partial charge in [-0.3, -0.25) is 0 Å². The van der Waals surface area contributed by atoms with Crippen LogP contribution in [0.25, 0.3) is 0 Å². The molecule has 0 aliphatic heterocycles. The van der Waals surface area contributed by atoms with Crippen LogP contribution >= 0.6 is 0 Å². The second-order valence-corrected chi connectivity index (χ2v) is 2.32. The Morgan fingerprint density at radius 2 is 1.67 bits per heavy atom. The first-order valence-electron chi connectivity index (χ1n) is 4.02. The van der Waals surface area contributed by atoms with Crippen molar-refractivity contribution < 1.29 is 58.2 Å². The molecule has 12 heavy (non-hydrogen) atoms. The van der Waals surface area contributed by atoms with Gasteiger partial charge in [-0.25, -0.2) is 0 Å². The summed E-state index contributed by atoms with van der Waals surface area (Å²) >= 11 is 0. The molecule has 0 aliphatic carbocycles. The van der Waals surface area contributed by atoms with Crippen LogP contribution in [0.2, 0.25) is 0 Å². The average molecular weight is 236 g/mol. The molecular weight excluding hydrogens is 220 g/mol. The van der Waals surface area contributed by atoms with E-state index in [0.29, 0.717) is 0 Å². The molecule has 1 rings (SSSR count). The van der Waals surface area contributed by atoms with Gasteiger partial charge in [-0.15, -0.1) is 11.6 Å². The Kier molecular flexibility index (Phi) is 11.0. The zero-order valence-corrected chi connectivity index (χ0v) is 13.9. The van der Waals surface area contributed by atoms with E-state index < -0.39 is 0 Å². The average Bonchev–Trinajstić information content (AvgIpc) is 2.02. The summed E-state index contributed by atoms with van der Waals surface area (Å²) < 4.78 is 0. The summed E-state index contributed by atoms with van der Waals surface area (Å²) in [5.74, 6) is 0. The molecule has 1 heterocycles. The number of aryl methyl sites for hydroxylation is 3. The normalized spacial score (nSPS) is 7.75. The summed E-state index contributed by atoms with van der Waals surface area (Å²) in [5.41, 5.74) is 3.45. The molecule has 1 aromatic rings. The van der Waals surface area contributed by atoms with Gasteiger partial charge < -0.3 is 4.98 Å². The molecule has 0 spiro atoms. The summed E-state index contributed by atoms with van der Waals surface area (Å²) in [6.07, 6.45) is 2.92. The number of rotatable bonds is 0. The van der Waals surface area contributed by atoms with Crippen LogP contribution in [0.3, 0.4) is 0 Å². The molecule has 1 aromatic heterocycles. The number of hydrogen-bond acceptors (Lipinski definition) is 1. The van der Waals surface area contributed by atoms with E-state index in [1.807, 2.05) is 27.7 Å². The van der Waals surface area contributed by atoms with E-state index in [1.165, 1.54) is 5.56 Å². The minimum Gasteiger partial charge on any atom is -0.391 e. The molecule has 0 bridgehead atoms. The van der Waals surface area contributed by atoms with E-state index in [4.69, 9.17) is 0 Å². The Hall–Kier alpha value is 0.955. The van der Waals surface area contributed by atoms with Crippen molar-refractivity contribution in [2.75, 3.05) is 0 Å². The van der Waals surface area contributed by atoms with Crippen LogP contribution < -0.4 is 58.2 Å². The number of hydrogen-bond donors (Lipinski definition) is 0. The van der Waals surface area contributed by atoms with Crippen LogP contribution in [-0.4, -0.2) is 4.98 Å². The van der Waals surface area contributed by atoms with Gasteiger partial charge >= 0.3 is 58.2 Å². The van der Waals surface area contributed by atoms with Gasteiger partial charge in [-0.05, 0) is 0 Å². The largest absolute Gasteiger partial charge is 1.00 e. The van der Waals surface area contributed by atoms with E-state index >= 15 is 0 Å². The van der Waals surface area contributed by atoms with Gasteiger partial charge in [0.05, 0.1) is 0 Å². The molecule has 2 heteroatoms. The van der Waals surface area contributed by atoms with Gasteiger partial charge in [0.2, 0.25) is 0 Å². The van der Waals surface area contributed by atoms with Crippen molar-refractivity contribution in [1.29, 1.82) is 0 Å². The molecule has 0 aliphatic rings. The van der Waals surface area contributed by atoms with Crippen molar-refractivity contribution in [3.63, 3.8) is 0 Å². The van der Waals surface area contributed by atoms with Crippen molar-refractivity contribution >= 4 is 0 Å². The quantitative estimate of drug-likeness (QED) is 0.570. The molecule has 62 valence electrons. The maximum atomic E-state index is 4.01. The van der Waals surface area contributed by atoms with E-state index in [1.54, 1.807) is 0 Å². The maximum absolute atomic E-state index is 4.01. The Labute approximate surface area is 125 Å². The fraction of sp³-hybridized carbons (Fsp3) is 0.500. The van der Waals surface area contributed by atoms with Crippen molar-refractivity contribution in [3.05, 3.63) is 29.1 Å². The molecule has 0 amide bonds. The summed E-state index contributed by atoms with van der Waals surface area (Å²) in [6, 6.07) is 2.06. The van der Waals surface area contributed by atoms with Gasteiger partial charge in [0.1, 0.15) is 0 Å². The minimum absolute atomic E-state index is 0. The SMILES string of the molecule is CC.Cc1cc(C)c(C)[c-]n1.[Rb+]. The van der Waals surface area contributed by atoms with Gasteiger partial charge in [0.15, 0.2) is 0 Å². The third-order valence-electron chi connectivity index (χ3n) is 1.42. The smallest absolute Gasteiger partial charge is 0.391 e. The number of nitrogens with zero attached hydrogens (tertiary/aromatic N) is 1. The number of pyridine rings is 1. The third-order valence-corrected chi connectivity index (χ3v) is 1.42. The summed E-state index contributed by atoms with van der Waals surface area (Å²) in [6.45, 7) is 10.1. The summed E-state index contributed by atoms with van der Waals surface area (Å²) in [5, 5.41) is 0. The van der Waals surface area contributed by atoms with E-state index in [-0.39, 0.29) is 58.2 Å². The van der Waals surface area contributed by atoms with Crippen LogP contribution in [0.15, 0.2) is 6.07 Å². The molecule has 0 atom stereocenters. The van der Waals surface area contributed by atoms with Gasteiger partial charge in [-0.1, -0.05) is 46.5 Å². The Bertz CT molecular complexity index is 221. The molecule has 0 fully saturated rings. The Morgan fingerprint density at radius 3 is 2.00 bits per heavy atom. The summed E-state index contributed by atoms with van der Waals surface area (Å²) in [4.78, 5) is 4.01. The second kappa shape index (κ2) is 8.55. The van der Waals surface area contributed by atoms with Crippen LogP contribution in [0.1, 0.15) is 30.7 Å². The fourth-order valence-corrected chi connectivity index (χ4v) is 0.714. The standard InChI is InChI=1S/C8H10N.C2H6.Rb/c1-6-4-8(3)9-5-7(6)2;1-2;/h4H,1-3H3;1-2H3;/q-1;;+1. The van der Waals surface area contributed by atoms with Crippen molar-refractivity contribution in [3.8, 4) is 0 Å². The zero-order chi connectivity index (χ0) is 8.85. The Balaban J connectivity index is 0. The van der Waals surface area contributed by atoms with E-state index in [0.717, 1.165) is 11.3 Å². The van der Waals surface area contributed by atoms with E-state index in [2.05, 4.69) is 24.2 Å². The first-order chi connectivity index (χ1) is 5.20. The van der Waals surface area contributed by atoms with Crippen LogP contribution in [0, 0.1) is 27.0 Å². The molecule has 0 radical (unpaired) electrons. The second-order valence-electron chi connectivity index (χ2n) is 2.32. The van der Waals surface area contributed by atoms with Crippen molar-refractivity contribution in [2.24, 2.45) is 0 Å². The molecule has 0 aromatic carbocycles. The maximum Gasteiger partial charge on any atom is 1.00 e. The summed E-state index contributed by atoms with van der Waals surface area (Å²) in [7, 11) is 0. The van der Waals surface area contributed by atoms with Gasteiger partial charge in [0, 0.05) is 0 Å².